The van der Waals surface area contributed by atoms with Gasteiger partial charge in [-0.1, -0.05) is 0 Å². The molecule has 0 aliphatic carbocycles. The second-order valence-corrected chi connectivity index (χ2v) is 7.63. The fourth-order valence-corrected chi connectivity index (χ4v) is 4.58. The second kappa shape index (κ2) is 7.50. The number of nitrogens with zero attached hydrogens (tertiary/aromatic N) is 6. The highest BCUT2D eigenvalue weighted by Crippen LogP contribution is 2.44. The lowest BCUT2D eigenvalue weighted by Gasteiger charge is -2.40. The molecule has 2 aliphatic heterocycles. The maximum absolute atomic E-state index is 12.2. The van der Waals surface area contributed by atoms with Gasteiger partial charge in [0.1, 0.15) is 5.69 Å². The number of fused-ring (bicyclic) bond motifs is 2. The van der Waals surface area contributed by atoms with Gasteiger partial charge in [0.05, 0.1) is 22.8 Å². The predicted octanol–water partition coefficient (Wildman–Crippen LogP) is 1.77. The minimum absolute atomic E-state index is 0.0182. The first-order valence-corrected chi connectivity index (χ1v) is 9.57. The Bertz CT molecular complexity index is 982. The molecule has 1 amide bonds. The third-order valence-electron chi connectivity index (χ3n) is 5.79. The summed E-state index contributed by atoms with van der Waals surface area (Å²) in [5.41, 5.74) is 1.15. The number of hydrogen-bond acceptors (Lipinski definition) is 7. The lowest BCUT2D eigenvalue weighted by molar-refractivity contribution is -0.384. The Morgan fingerprint density at radius 3 is 2.69 bits per heavy atom. The molecule has 1 aromatic heterocycles. The van der Waals surface area contributed by atoms with Crippen LogP contribution in [0.1, 0.15) is 41.7 Å². The largest absolute Gasteiger partial charge is 0.360 e. The summed E-state index contributed by atoms with van der Waals surface area (Å²) in [5.74, 6) is 0.0671. The number of carbonyl (C=O) groups is 1. The van der Waals surface area contributed by atoms with Crippen molar-refractivity contribution in [3.8, 4) is 6.07 Å². The number of nitriles is 1. The van der Waals surface area contributed by atoms with Crippen LogP contribution >= 0.6 is 0 Å². The number of aromatic nitrogens is 3. The van der Waals surface area contributed by atoms with Crippen LogP contribution in [0.15, 0.2) is 24.4 Å². The van der Waals surface area contributed by atoms with Gasteiger partial charge in [0, 0.05) is 31.7 Å². The summed E-state index contributed by atoms with van der Waals surface area (Å²) in [6.45, 7) is 0.547. The van der Waals surface area contributed by atoms with Crippen molar-refractivity contribution in [2.45, 2.75) is 37.8 Å². The summed E-state index contributed by atoms with van der Waals surface area (Å²) in [5, 5.41) is 31.5. The Morgan fingerprint density at radius 1 is 1.38 bits per heavy atom. The topological polar surface area (TPSA) is 130 Å². The minimum Gasteiger partial charge on any atom is -0.360 e. The fourth-order valence-electron chi connectivity index (χ4n) is 4.58. The molecule has 10 heteroatoms. The molecule has 2 aromatic rings. The van der Waals surface area contributed by atoms with E-state index in [0.29, 0.717) is 23.8 Å². The highest BCUT2D eigenvalue weighted by molar-refractivity contribution is 5.91. The number of benzene rings is 1. The Kier molecular flexibility index (Phi) is 4.88. The van der Waals surface area contributed by atoms with Crippen molar-refractivity contribution < 1.29 is 9.72 Å². The zero-order chi connectivity index (χ0) is 20.5. The fraction of sp³-hybridized carbons (Fsp3) is 0.474. The van der Waals surface area contributed by atoms with Gasteiger partial charge >= 0.3 is 0 Å². The van der Waals surface area contributed by atoms with Gasteiger partial charge in [-0.15, -0.1) is 5.10 Å². The maximum Gasteiger partial charge on any atom is 0.293 e. The Morgan fingerprint density at radius 2 is 2.10 bits per heavy atom. The molecule has 3 heterocycles. The molecule has 0 radical (unpaired) electrons. The van der Waals surface area contributed by atoms with Gasteiger partial charge in [0.25, 0.3) is 11.6 Å². The van der Waals surface area contributed by atoms with Gasteiger partial charge in [0.2, 0.25) is 0 Å². The summed E-state index contributed by atoms with van der Waals surface area (Å²) in [6.07, 6.45) is 5.08. The summed E-state index contributed by atoms with van der Waals surface area (Å²) >= 11 is 0. The van der Waals surface area contributed by atoms with E-state index in [1.165, 1.54) is 17.1 Å². The summed E-state index contributed by atoms with van der Waals surface area (Å²) in [6, 6.07) is 7.03. The molecule has 10 nitrogen and oxygen atoms in total. The number of anilines is 1. The molecule has 2 fully saturated rings. The van der Waals surface area contributed by atoms with Crippen LogP contribution in [0, 0.1) is 27.4 Å². The number of nitro benzene ring substituents is 1. The second-order valence-electron chi connectivity index (χ2n) is 7.63. The molecular formula is C19H21N7O3. The van der Waals surface area contributed by atoms with Gasteiger partial charge in [-0.3, -0.25) is 14.9 Å². The van der Waals surface area contributed by atoms with Crippen molar-refractivity contribution >= 4 is 17.3 Å². The van der Waals surface area contributed by atoms with Crippen LogP contribution < -0.4 is 10.2 Å². The Labute approximate surface area is 167 Å². The van der Waals surface area contributed by atoms with Crippen LogP contribution in [-0.4, -0.2) is 44.5 Å². The number of aryl methyl sites for hydroxylation is 1. The van der Waals surface area contributed by atoms with Crippen molar-refractivity contribution in [3.63, 3.8) is 0 Å². The van der Waals surface area contributed by atoms with Crippen molar-refractivity contribution in [2.75, 3.05) is 11.4 Å². The highest BCUT2D eigenvalue weighted by atomic mass is 16.6. The molecule has 1 aromatic carbocycles. The minimum atomic E-state index is -0.414. The summed E-state index contributed by atoms with van der Waals surface area (Å²) < 4.78 is 0. The molecule has 2 bridgehead atoms. The zero-order valence-electron chi connectivity index (χ0n) is 16.0. The van der Waals surface area contributed by atoms with Crippen LogP contribution in [0.3, 0.4) is 0 Å². The van der Waals surface area contributed by atoms with Crippen molar-refractivity contribution in [1.29, 1.82) is 5.26 Å². The predicted molar refractivity (Wildman–Crippen MR) is 103 cm³/mol. The van der Waals surface area contributed by atoms with E-state index in [1.807, 2.05) is 6.07 Å². The molecule has 1 N–H and O–H groups in total. The van der Waals surface area contributed by atoms with Gasteiger partial charge in [-0.25, -0.2) is 0 Å². The lowest BCUT2D eigenvalue weighted by atomic mass is 9.90. The molecule has 3 atom stereocenters. The molecule has 4 rings (SSSR count). The zero-order valence-corrected chi connectivity index (χ0v) is 16.0. The number of piperidine rings is 1. The van der Waals surface area contributed by atoms with E-state index in [9.17, 15) is 14.9 Å². The molecule has 1 unspecified atom stereocenters. The normalized spacial score (nSPS) is 22.9. The van der Waals surface area contributed by atoms with Crippen molar-refractivity contribution in [3.05, 3.63) is 45.8 Å². The van der Waals surface area contributed by atoms with Gasteiger partial charge in [-0.05, 0) is 43.7 Å². The molecule has 29 heavy (non-hydrogen) atoms. The van der Waals surface area contributed by atoms with E-state index in [-0.39, 0.29) is 29.2 Å². The lowest BCUT2D eigenvalue weighted by Crippen LogP contribution is -2.46. The van der Waals surface area contributed by atoms with Crippen molar-refractivity contribution in [2.24, 2.45) is 13.0 Å². The molecular weight excluding hydrogens is 374 g/mol. The van der Waals surface area contributed by atoms with Crippen LogP contribution in [0.2, 0.25) is 0 Å². The van der Waals surface area contributed by atoms with E-state index in [4.69, 9.17) is 5.26 Å². The van der Waals surface area contributed by atoms with E-state index < -0.39 is 4.92 Å². The number of carbonyl (C=O) groups excluding carboxylic acids is 1. The molecule has 2 saturated heterocycles. The first kappa shape index (κ1) is 18.9. The van der Waals surface area contributed by atoms with Crippen LogP contribution in [-0.2, 0) is 7.05 Å². The Hall–Kier alpha value is -3.48. The van der Waals surface area contributed by atoms with E-state index in [2.05, 4.69) is 20.4 Å². The van der Waals surface area contributed by atoms with Crippen molar-refractivity contribution in [1.82, 2.24) is 20.3 Å². The molecule has 150 valence electrons. The molecule has 2 aliphatic rings. The highest BCUT2D eigenvalue weighted by Gasteiger charge is 2.42. The van der Waals surface area contributed by atoms with E-state index in [1.54, 1.807) is 19.2 Å². The summed E-state index contributed by atoms with van der Waals surface area (Å²) in [4.78, 5) is 26.8. The number of nitrogens with one attached hydrogen (secondary N) is 1. The monoisotopic (exact) mass is 395 g/mol. The quantitative estimate of drug-likeness (QED) is 0.603. The smallest absolute Gasteiger partial charge is 0.293 e. The number of nitro groups is 1. The number of rotatable bonds is 5. The van der Waals surface area contributed by atoms with Gasteiger partial charge in [0.15, 0.2) is 5.69 Å². The first-order chi connectivity index (χ1) is 14.0. The van der Waals surface area contributed by atoms with Gasteiger partial charge in [-0.2, -0.15) is 15.2 Å². The standard InChI is InChI=1S/C19H21N7O3/c1-24-22-11-16(23-24)19(27)21-10-13-6-14-3-4-15(7-13)25(14)17-5-2-12(9-20)8-18(17)26(28)29/h2,5,8,11,13-15H,3-4,6-7,10H2,1H3,(H,21,27)/t13?,14-,15+. The molecule has 0 saturated carbocycles. The third kappa shape index (κ3) is 3.63. The first-order valence-electron chi connectivity index (χ1n) is 9.57. The van der Waals surface area contributed by atoms with Crippen LogP contribution in [0.4, 0.5) is 11.4 Å². The average Bonchev–Trinajstić information content (AvgIpc) is 3.26. The van der Waals surface area contributed by atoms with E-state index in [0.717, 1.165) is 25.7 Å². The Balaban J connectivity index is 1.45. The maximum atomic E-state index is 12.2. The number of hydrogen-bond donors (Lipinski definition) is 1. The van der Waals surface area contributed by atoms with Gasteiger partial charge < -0.3 is 10.2 Å². The van der Waals surface area contributed by atoms with Crippen LogP contribution in [0.5, 0.6) is 0 Å². The average molecular weight is 395 g/mol. The molecule has 0 spiro atoms. The van der Waals surface area contributed by atoms with Crippen LogP contribution in [0.25, 0.3) is 0 Å². The third-order valence-corrected chi connectivity index (χ3v) is 5.79. The SMILES string of the molecule is Cn1ncc(C(=O)NCC2C[C@H]3CC[C@@H](C2)N3c2ccc(C#N)cc2[N+](=O)[O-])n1. The summed E-state index contributed by atoms with van der Waals surface area (Å²) in [7, 11) is 1.66. The number of amides is 1. The van der Waals surface area contributed by atoms with E-state index >= 15 is 0 Å².